The predicted octanol–water partition coefficient (Wildman–Crippen LogP) is 2.54. The number of amides is 3. The molecule has 2 aliphatic carbocycles. The molecule has 0 saturated heterocycles. The summed E-state index contributed by atoms with van der Waals surface area (Å²) in [5, 5.41) is 16.9. The van der Waals surface area contributed by atoms with Crippen LogP contribution in [0.5, 0.6) is 0 Å². The zero-order valence-corrected chi connectivity index (χ0v) is 19.3. The highest BCUT2D eigenvalue weighted by Gasteiger charge is 2.40. The summed E-state index contributed by atoms with van der Waals surface area (Å²) in [5.41, 5.74) is 3.13. The number of benzene rings is 2. The van der Waals surface area contributed by atoms with Crippen molar-refractivity contribution in [2.75, 3.05) is 19.7 Å². The summed E-state index contributed by atoms with van der Waals surface area (Å²) < 4.78 is 5.38. The SMILES string of the molecule is O=C(CNC(=O)OCC1c2ccccc2-c2ccccc21)NCC(=O)NC1(C(=O)O)CCCCC1. The fourth-order valence-electron chi connectivity index (χ4n) is 4.90. The van der Waals surface area contributed by atoms with Gasteiger partial charge in [-0.1, -0.05) is 67.8 Å². The number of hydrogen-bond acceptors (Lipinski definition) is 5. The second-order valence-corrected chi connectivity index (χ2v) is 8.95. The summed E-state index contributed by atoms with van der Waals surface area (Å²) in [5.74, 6) is -2.31. The van der Waals surface area contributed by atoms with Crippen LogP contribution >= 0.6 is 0 Å². The smallest absolute Gasteiger partial charge is 0.407 e. The van der Waals surface area contributed by atoms with Crippen molar-refractivity contribution in [3.05, 3.63) is 59.7 Å². The van der Waals surface area contributed by atoms with Crippen molar-refractivity contribution in [1.82, 2.24) is 16.0 Å². The van der Waals surface area contributed by atoms with Gasteiger partial charge in [0.05, 0.1) is 6.54 Å². The number of hydrogen-bond donors (Lipinski definition) is 4. The molecule has 2 aliphatic rings. The monoisotopic (exact) mass is 479 g/mol. The maximum absolute atomic E-state index is 12.2. The van der Waals surface area contributed by atoms with E-state index in [1.165, 1.54) is 0 Å². The average molecular weight is 480 g/mol. The lowest BCUT2D eigenvalue weighted by Gasteiger charge is -2.33. The summed E-state index contributed by atoms with van der Waals surface area (Å²) in [6, 6.07) is 16.0. The molecule has 0 atom stereocenters. The molecule has 35 heavy (non-hydrogen) atoms. The third-order valence-electron chi connectivity index (χ3n) is 6.68. The Hall–Kier alpha value is -3.88. The van der Waals surface area contributed by atoms with Gasteiger partial charge in [-0.25, -0.2) is 9.59 Å². The molecule has 0 spiro atoms. The van der Waals surface area contributed by atoms with Crippen LogP contribution in [0.3, 0.4) is 0 Å². The Balaban J connectivity index is 1.21. The van der Waals surface area contributed by atoms with Crippen molar-refractivity contribution in [3.8, 4) is 11.1 Å². The highest BCUT2D eigenvalue weighted by molar-refractivity contribution is 5.91. The molecular formula is C26H29N3O6. The Morgan fingerprint density at radius 3 is 2.00 bits per heavy atom. The van der Waals surface area contributed by atoms with E-state index in [1.54, 1.807) is 0 Å². The molecular weight excluding hydrogens is 450 g/mol. The third kappa shape index (κ3) is 5.45. The number of rotatable bonds is 8. The number of carbonyl (C=O) groups excluding carboxylic acids is 3. The molecule has 2 aromatic rings. The van der Waals surface area contributed by atoms with E-state index in [-0.39, 0.29) is 25.6 Å². The van der Waals surface area contributed by atoms with E-state index in [0.717, 1.165) is 41.5 Å². The third-order valence-corrected chi connectivity index (χ3v) is 6.68. The summed E-state index contributed by atoms with van der Waals surface area (Å²) in [6.45, 7) is -0.616. The lowest BCUT2D eigenvalue weighted by molar-refractivity contribution is -0.149. The van der Waals surface area contributed by atoms with Crippen molar-refractivity contribution in [3.63, 3.8) is 0 Å². The molecule has 0 radical (unpaired) electrons. The molecule has 3 amide bonds. The first-order valence-corrected chi connectivity index (χ1v) is 11.8. The van der Waals surface area contributed by atoms with Crippen LogP contribution in [0.1, 0.15) is 49.1 Å². The van der Waals surface area contributed by atoms with Crippen molar-refractivity contribution >= 4 is 23.9 Å². The van der Waals surface area contributed by atoms with Crippen LogP contribution in [0, 0.1) is 0 Å². The summed E-state index contributed by atoms with van der Waals surface area (Å²) in [6.07, 6.45) is 2.38. The van der Waals surface area contributed by atoms with Gasteiger partial charge in [0.1, 0.15) is 18.7 Å². The van der Waals surface area contributed by atoms with Gasteiger partial charge in [-0.2, -0.15) is 0 Å². The molecule has 0 heterocycles. The Labute approximate surface area is 203 Å². The predicted molar refractivity (Wildman–Crippen MR) is 128 cm³/mol. The normalized spacial score (nSPS) is 15.9. The van der Waals surface area contributed by atoms with Crippen LogP contribution in [0.2, 0.25) is 0 Å². The molecule has 184 valence electrons. The molecule has 1 saturated carbocycles. The summed E-state index contributed by atoms with van der Waals surface area (Å²) in [7, 11) is 0. The number of fused-ring (bicyclic) bond motifs is 3. The molecule has 9 heteroatoms. The van der Waals surface area contributed by atoms with Gasteiger partial charge < -0.3 is 25.8 Å². The average Bonchev–Trinajstić information content (AvgIpc) is 3.19. The van der Waals surface area contributed by atoms with Gasteiger partial charge in [-0.3, -0.25) is 9.59 Å². The zero-order valence-electron chi connectivity index (χ0n) is 19.3. The van der Waals surface area contributed by atoms with Crippen LogP contribution < -0.4 is 16.0 Å². The number of alkyl carbamates (subject to hydrolysis) is 1. The van der Waals surface area contributed by atoms with Crippen molar-refractivity contribution in [2.24, 2.45) is 0 Å². The molecule has 9 nitrogen and oxygen atoms in total. The van der Waals surface area contributed by atoms with E-state index in [0.29, 0.717) is 12.8 Å². The van der Waals surface area contributed by atoms with Crippen molar-refractivity contribution < 1.29 is 29.0 Å². The van der Waals surface area contributed by atoms with E-state index in [2.05, 4.69) is 16.0 Å². The number of carbonyl (C=O) groups is 4. The molecule has 4 rings (SSSR count). The summed E-state index contributed by atoms with van der Waals surface area (Å²) in [4.78, 5) is 48.1. The lowest BCUT2D eigenvalue weighted by Crippen LogP contribution is -2.57. The molecule has 4 N–H and O–H groups in total. The van der Waals surface area contributed by atoms with Gasteiger partial charge >= 0.3 is 12.1 Å². The van der Waals surface area contributed by atoms with Gasteiger partial charge in [0.2, 0.25) is 11.8 Å². The Morgan fingerprint density at radius 2 is 1.40 bits per heavy atom. The number of nitrogens with one attached hydrogen (secondary N) is 3. The molecule has 0 unspecified atom stereocenters. The van der Waals surface area contributed by atoms with Gasteiger partial charge in [-0.05, 0) is 35.1 Å². The van der Waals surface area contributed by atoms with Crippen molar-refractivity contribution in [1.29, 1.82) is 0 Å². The lowest BCUT2D eigenvalue weighted by atomic mass is 9.81. The quantitative estimate of drug-likeness (QED) is 0.460. The van der Waals surface area contributed by atoms with Crippen LogP contribution in [0.25, 0.3) is 11.1 Å². The van der Waals surface area contributed by atoms with E-state index < -0.39 is 29.4 Å². The largest absolute Gasteiger partial charge is 0.480 e. The molecule has 1 fully saturated rings. The minimum atomic E-state index is -1.28. The highest BCUT2D eigenvalue weighted by atomic mass is 16.5. The molecule has 0 bridgehead atoms. The second-order valence-electron chi connectivity index (χ2n) is 8.95. The van der Waals surface area contributed by atoms with Crippen LogP contribution in [0.15, 0.2) is 48.5 Å². The van der Waals surface area contributed by atoms with Crippen LogP contribution in [-0.4, -0.2) is 54.2 Å². The molecule has 0 aliphatic heterocycles. The van der Waals surface area contributed by atoms with E-state index in [4.69, 9.17) is 4.74 Å². The Morgan fingerprint density at radius 1 is 0.829 bits per heavy atom. The standard InChI is InChI=1S/C26H29N3O6/c30-22(27-15-23(31)29-26(24(32)33)12-6-1-7-13-26)14-28-25(34)35-16-21-19-10-4-2-8-17(19)18-9-3-5-11-20(18)21/h2-5,8-11,21H,1,6-7,12-16H2,(H,27,30)(H,28,34)(H,29,31)(H,32,33). The van der Waals surface area contributed by atoms with Gasteiger partial charge in [0.15, 0.2) is 0 Å². The number of carboxylic acids is 1. The minimum absolute atomic E-state index is 0.0907. The fourth-order valence-corrected chi connectivity index (χ4v) is 4.90. The first kappa shape index (κ1) is 24.3. The number of aliphatic carboxylic acids is 1. The second kappa shape index (κ2) is 10.6. The minimum Gasteiger partial charge on any atom is -0.480 e. The number of ether oxygens (including phenoxy) is 1. The zero-order chi connectivity index (χ0) is 24.8. The maximum Gasteiger partial charge on any atom is 0.407 e. The Kier molecular flexibility index (Phi) is 7.33. The molecule has 2 aromatic carbocycles. The first-order chi connectivity index (χ1) is 16.9. The van der Waals surface area contributed by atoms with Crippen LogP contribution in [0.4, 0.5) is 4.79 Å². The fraction of sp³-hybridized carbons (Fsp3) is 0.385. The van der Waals surface area contributed by atoms with E-state index in [1.807, 2.05) is 48.5 Å². The summed E-state index contributed by atoms with van der Waals surface area (Å²) >= 11 is 0. The van der Waals surface area contributed by atoms with E-state index >= 15 is 0 Å². The maximum atomic E-state index is 12.2. The van der Waals surface area contributed by atoms with Gasteiger partial charge in [-0.15, -0.1) is 0 Å². The van der Waals surface area contributed by atoms with E-state index in [9.17, 15) is 24.3 Å². The number of carboxylic acid groups (broad SMARTS) is 1. The first-order valence-electron chi connectivity index (χ1n) is 11.8. The Bertz CT molecular complexity index is 1080. The van der Waals surface area contributed by atoms with Gasteiger partial charge in [0.25, 0.3) is 0 Å². The topological polar surface area (TPSA) is 134 Å². The van der Waals surface area contributed by atoms with Crippen LogP contribution in [-0.2, 0) is 19.1 Å². The van der Waals surface area contributed by atoms with Gasteiger partial charge in [0, 0.05) is 5.92 Å². The highest BCUT2D eigenvalue weighted by Crippen LogP contribution is 2.44. The molecule has 0 aromatic heterocycles. The van der Waals surface area contributed by atoms with Crippen molar-refractivity contribution in [2.45, 2.75) is 43.6 Å².